The smallest absolute Gasteiger partial charge is 0.223 e. The predicted molar refractivity (Wildman–Crippen MR) is 122 cm³/mol. The van der Waals surface area contributed by atoms with E-state index in [1.807, 2.05) is 35.2 Å². The van der Waals surface area contributed by atoms with Crippen LogP contribution in [0.25, 0.3) is 11.0 Å². The van der Waals surface area contributed by atoms with Crippen molar-refractivity contribution in [3.05, 3.63) is 100 Å². The number of nitrogens with zero attached hydrogens (tertiary/aromatic N) is 3. The molecular formula is C25H21BrFN3O. The van der Waals surface area contributed by atoms with E-state index in [0.29, 0.717) is 26.1 Å². The van der Waals surface area contributed by atoms with Crippen LogP contribution in [0.2, 0.25) is 0 Å². The molecule has 0 aliphatic carbocycles. The normalized spacial score (nSPS) is 16.4. The monoisotopic (exact) mass is 477 g/mol. The van der Waals surface area contributed by atoms with E-state index >= 15 is 0 Å². The zero-order valence-electron chi connectivity index (χ0n) is 16.8. The molecule has 5 rings (SSSR count). The van der Waals surface area contributed by atoms with Crippen LogP contribution in [0.4, 0.5) is 4.39 Å². The summed E-state index contributed by atoms with van der Waals surface area (Å²) in [5.74, 6) is 0.808. The van der Waals surface area contributed by atoms with E-state index in [9.17, 15) is 9.18 Å². The third kappa shape index (κ3) is 4.12. The molecule has 1 aliphatic heterocycles. The molecule has 0 radical (unpaired) electrons. The summed E-state index contributed by atoms with van der Waals surface area (Å²) in [6.07, 6.45) is 0.435. The number of hydrogen-bond donors (Lipinski definition) is 0. The number of likely N-dealkylation sites (tertiary alicyclic amines) is 1. The van der Waals surface area contributed by atoms with Crippen LogP contribution in [-0.4, -0.2) is 26.9 Å². The maximum Gasteiger partial charge on any atom is 0.223 e. The average molecular weight is 478 g/mol. The number of halogens is 2. The molecule has 156 valence electrons. The maximum atomic E-state index is 13.2. The zero-order chi connectivity index (χ0) is 21.4. The minimum atomic E-state index is -0.268. The van der Waals surface area contributed by atoms with Crippen molar-refractivity contribution in [3.8, 4) is 0 Å². The molecule has 3 aromatic carbocycles. The van der Waals surface area contributed by atoms with E-state index in [0.717, 1.165) is 26.9 Å². The maximum absolute atomic E-state index is 13.2. The molecule has 6 heteroatoms. The van der Waals surface area contributed by atoms with Gasteiger partial charge in [-0.25, -0.2) is 9.37 Å². The lowest BCUT2D eigenvalue weighted by Gasteiger charge is -2.17. The largest absolute Gasteiger partial charge is 0.338 e. The summed E-state index contributed by atoms with van der Waals surface area (Å²) in [6.45, 7) is 1.80. The molecule has 0 unspecified atom stereocenters. The first-order valence-corrected chi connectivity index (χ1v) is 11.1. The lowest BCUT2D eigenvalue weighted by Crippen LogP contribution is -2.24. The lowest BCUT2D eigenvalue weighted by molar-refractivity contribution is -0.128. The van der Waals surface area contributed by atoms with Crippen LogP contribution in [-0.2, 0) is 17.9 Å². The Kier molecular flexibility index (Phi) is 5.32. The fraction of sp³-hybridized carbons (Fsp3) is 0.200. The summed E-state index contributed by atoms with van der Waals surface area (Å²) in [5, 5.41) is 0. The average Bonchev–Trinajstić information content (AvgIpc) is 3.32. The molecule has 1 aromatic heterocycles. The number of hydrogen-bond acceptors (Lipinski definition) is 2. The van der Waals surface area contributed by atoms with Crippen LogP contribution in [0.5, 0.6) is 0 Å². The molecule has 0 spiro atoms. The number of fused-ring (bicyclic) bond motifs is 1. The lowest BCUT2D eigenvalue weighted by atomic mass is 10.1. The van der Waals surface area contributed by atoms with Crippen molar-refractivity contribution in [3.63, 3.8) is 0 Å². The number of carbonyl (C=O) groups excluding carboxylic acids is 1. The Morgan fingerprint density at radius 3 is 2.39 bits per heavy atom. The predicted octanol–water partition coefficient (Wildman–Crippen LogP) is 5.50. The highest BCUT2D eigenvalue weighted by molar-refractivity contribution is 9.10. The van der Waals surface area contributed by atoms with Gasteiger partial charge in [0, 0.05) is 36.4 Å². The van der Waals surface area contributed by atoms with E-state index in [4.69, 9.17) is 4.98 Å². The Labute approximate surface area is 188 Å². The Bertz CT molecular complexity index is 1230. The number of amides is 1. The summed E-state index contributed by atoms with van der Waals surface area (Å²) < 4.78 is 16.5. The SMILES string of the molecule is O=C1C[C@H](c2nc3ccccc3n2Cc2ccc(Br)cc2)CN1Cc1ccc(F)cc1. The van der Waals surface area contributed by atoms with Gasteiger partial charge < -0.3 is 9.47 Å². The summed E-state index contributed by atoms with van der Waals surface area (Å²) in [6, 6.07) is 22.7. The fourth-order valence-electron chi connectivity index (χ4n) is 4.25. The van der Waals surface area contributed by atoms with E-state index < -0.39 is 0 Å². The summed E-state index contributed by atoms with van der Waals surface area (Å²) in [4.78, 5) is 19.5. The molecule has 1 aliphatic rings. The summed E-state index contributed by atoms with van der Waals surface area (Å²) >= 11 is 3.49. The summed E-state index contributed by atoms with van der Waals surface area (Å²) in [5.41, 5.74) is 4.13. The van der Waals surface area contributed by atoms with Gasteiger partial charge in [-0.1, -0.05) is 52.3 Å². The van der Waals surface area contributed by atoms with Crippen molar-refractivity contribution < 1.29 is 9.18 Å². The highest BCUT2D eigenvalue weighted by Gasteiger charge is 2.34. The van der Waals surface area contributed by atoms with Crippen LogP contribution in [0.15, 0.2) is 77.3 Å². The van der Waals surface area contributed by atoms with Crippen molar-refractivity contribution in [2.45, 2.75) is 25.4 Å². The van der Waals surface area contributed by atoms with Gasteiger partial charge >= 0.3 is 0 Å². The van der Waals surface area contributed by atoms with Crippen molar-refractivity contribution in [1.29, 1.82) is 0 Å². The topological polar surface area (TPSA) is 38.1 Å². The first-order chi connectivity index (χ1) is 15.1. The molecule has 0 saturated carbocycles. The Balaban J connectivity index is 1.44. The number of rotatable bonds is 5. The molecule has 0 bridgehead atoms. The first kappa shape index (κ1) is 19.9. The molecule has 1 fully saturated rings. The third-order valence-electron chi connectivity index (χ3n) is 5.80. The van der Waals surface area contributed by atoms with Crippen LogP contribution < -0.4 is 0 Å². The van der Waals surface area contributed by atoms with E-state index in [1.54, 1.807) is 12.1 Å². The first-order valence-electron chi connectivity index (χ1n) is 10.3. The number of aromatic nitrogens is 2. The van der Waals surface area contributed by atoms with Gasteiger partial charge in [0.05, 0.1) is 11.0 Å². The zero-order valence-corrected chi connectivity index (χ0v) is 18.4. The van der Waals surface area contributed by atoms with Gasteiger partial charge in [-0.2, -0.15) is 0 Å². The van der Waals surface area contributed by atoms with Gasteiger partial charge in [-0.05, 0) is 47.5 Å². The Morgan fingerprint density at radius 1 is 0.935 bits per heavy atom. The number of imidazole rings is 1. The molecule has 1 amide bonds. The third-order valence-corrected chi connectivity index (χ3v) is 6.33. The van der Waals surface area contributed by atoms with Gasteiger partial charge in [-0.3, -0.25) is 4.79 Å². The van der Waals surface area contributed by atoms with Gasteiger partial charge in [0.1, 0.15) is 11.6 Å². The second kappa shape index (κ2) is 8.27. The molecule has 2 heterocycles. The molecule has 31 heavy (non-hydrogen) atoms. The number of benzene rings is 3. The highest BCUT2D eigenvalue weighted by Crippen LogP contribution is 2.32. The quantitative estimate of drug-likeness (QED) is 0.380. The molecule has 1 atom stereocenters. The van der Waals surface area contributed by atoms with Gasteiger partial charge in [0.2, 0.25) is 5.91 Å². The Hall–Kier alpha value is -2.99. The fourth-order valence-corrected chi connectivity index (χ4v) is 4.52. The molecule has 0 N–H and O–H groups in total. The minimum Gasteiger partial charge on any atom is -0.338 e. The van der Waals surface area contributed by atoms with Gasteiger partial charge in [0.15, 0.2) is 0 Å². The number of carbonyl (C=O) groups is 1. The van der Waals surface area contributed by atoms with Crippen molar-refractivity contribution >= 4 is 32.9 Å². The molecule has 4 aromatic rings. The standard InChI is InChI=1S/C25H21BrFN3O/c26-20-9-5-18(6-10-20)15-30-23-4-2-1-3-22(23)28-25(30)19-13-24(31)29(16-19)14-17-7-11-21(27)12-8-17/h1-12,19H,13-16H2/t19-/m0/s1. The number of para-hydroxylation sites is 2. The van der Waals surface area contributed by atoms with Crippen molar-refractivity contribution in [2.75, 3.05) is 6.54 Å². The highest BCUT2D eigenvalue weighted by atomic mass is 79.9. The van der Waals surface area contributed by atoms with Crippen LogP contribution in [0.3, 0.4) is 0 Å². The van der Waals surface area contributed by atoms with Crippen molar-refractivity contribution in [1.82, 2.24) is 14.5 Å². The Morgan fingerprint density at radius 2 is 1.61 bits per heavy atom. The molecular weight excluding hydrogens is 457 g/mol. The molecule has 4 nitrogen and oxygen atoms in total. The van der Waals surface area contributed by atoms with Crippen molar-refractivity contribution in [2.24, 2.45) is 0 Å². The van der Waals surface area contributed by atoms with Crippen LogP contribution in [0.1, 0.15) is 29.3 Å². The van der Waals surface area contributed by atoms with Gasteiger partial charge in [0.25, 0.3) is 0 Å². The van der Waals surface area contributed by atoms with Crippen LogP contribution in [0, 0.1) is 5.82 Å². The van der Waals surface area contributed by atoms with Gasteiger partial charge in [-0.15, -0.1) is 0 Å². The van der Waals surface area contributed by atoms with E-state index in [2.05, 4.69) is 38.7 Å². The second-order valence-electron chi connectivity index (χ2n) is 7.97. The summed E-state index contributed by atoms with van der Waals surface area (Å²) in [7, 11) is 0. The van der Waals surface area contributed by atoms with E-state index in [1.165, 1.54) is 17.7 Å². The van der Waals surface area contributed by atoms with Crippen LogP contribution >= 0.6 is 15.9 Å². The van der Waals surface area contributed by atoms with E-state index in [-0.39, 0.29) is 17.6 Å². The second-order valence-corrected chi connectivity index (χ2v) is 8.89. The minimum absolute atomic E-state index is 0.0239. The molecule has 1 saturated heterocycles.